The van der Waals surface area contributed by atoms with Gasteiger partial charge in [-0.1, -0.05) is 42.0 Å². The molecule has 6 heteroatoms. The molecule has 2 rings (SSSR count). The summed E-state index contributed by atoms with van der Waals surface area (Å²) in [6.45, 7) is 7.73. The van der Waals surface area contributed by atoms with Crippen LogP contribution in [-0.4, -0.2) is 31.4 Å². The van der Waals surface area contributed by atoms with E-state index in [1.807, 2.05) is 64.1 Å². The van der Waals surface area contributed by atoms with Crippen LogP contribution in [0.4, 0.5) is 5.69 Å². The normalized spacial score (nSPS) is 11.6. The van der Waals surface area contributed by atoms with E-state index in [0.717, 1.165) is 39.8 Å². The Bertz CT molecular complexity index is 897. The molecule has 2 aromatic rings. The molecular weight excluding hydrogens is 348 g/mol. The third-order valence-corrected chi connectivity index (χ3v) is 5.53. The van der Waals surface area contributed by atoms with E-state index in [2.05, 4.69) is 5.32 Å². The number of carbonyl (C=O) groups is 1. The Kier molecular flexibility index (Phi) is 6.21. The predicted octanol–water partition coefficient (Wildman–Crippen LogP) is 3.32. The number of amides is 1. The van der Waals surface area contributed by atoms with Gasteiger partial charge in [0.2, 0.25) is 15.9 Å². The summed E-state index contributed by atoms with van der Waals surface area (Å²) in [5, 5.41) is 2.86. The highest BCUT2D eigenvalue weighted by Gasteiger charge is 2.21. The highest BCUT2D eigenvalue weighted by atomic mass is 32.2. The summed E-state index contributed by atoms with van der Waals surface area (Å²) < 4.78 is 25.5. The van der Waals surface area contributed by atoms with Crippen LogP contribution in [0.1, 0.15) is 27.8 Å². The van der Waals surface area contributed by atoms with Gasteiger partial charge >= 0.3 is 0 Å². The molecule has 1 N–H and O–H groups in total. The monoisotopic (exact) mass is 374 g/mol. The molecule has 0 aliphatic heterocycles. The second-order valence-corrected chi connectivity index (χ2v) is 8.76. The highest BCUT2D eigenvalue weighted by molar-refractivity contribution is 7.88. The van der Waals surface area contributed by atoms with Crippen LogP contribution in [0.15, 0.2) is 36.4 Å². The number of nitrogens with one attached hydrogen (secondary N) is 1. The Hall–Kier alpha value is -2.18. The number of sulfonamides is 1. The molecule has 0 fully saturated rings. The first-order chi connectivity index (χ1) is 12.1. The first-order valence-electron chi connectivity index (χ1n) is 8.45. The molecular formula is C20H26N2O3S. The fourth-order valence-corrected chi connectivity index (χ4v) is 3.71. The Morgan fingerprint density at radius 3 is 2.12 bits per heavy atom. The zero-order valence-corrected chi connectivity index (χ0v) is 16.8. The lowest BCUT2D eigenvalue weighted by Gasteiger charge is -2.21. The van der Waals surface area contributed by atoms with Gasteiger partial charge in [-0.3, -0.25) is 4.79 Å². The minimum Gasteiger partial charge on any atom is -0.324 e. The lowest BCUT2D eigenvalue weighted by atomic mass is 10.1. The number of carbonyl (C=O) groups excluding carboxylic acids is 1. The van der Waals surface area contributed by atoms with Gasteiger partial charge < -0.3 is 5.32 Å². The van der Waals surface area contributed by atoms with E-state index in [4.69, 9.17) is 0 Å². The number of rotatable bonds is 6. The van der Waals surface area contributed by atoms with E-state index in [1.165, 1.54) is 4.31 Å². The van der Waals surface area contributed by atoms with E-state index in [1.54, 1.807) is 0 Å². The van der Waals surface area contributed by atoms with Gasteiger partial charge in [0.05, 0.1) is 12.8 Å². The number of hydrogen-bond donors (Lipinski definition) is 1. The van der Waals surface area contributed by atoms with Crippen molar-refractivity contribution < 1.29 is 13.2 Å². The molecule has 0 saturated carbocycles. The van der Waals surface area contributed by atoms with Gasteiger partial charge in [0, 0.05) is 12.2 Å². The molecule has 0 unspecified atom stereocenters. The van der Waals surface area contributed by atoms with Crippen molar-refractivity contribution in [2.75, 3.05) is 18.1 Å². The van der Waals surface area contributed by atoms with Crippen molar-refractivity contribution in [1.82, 2.24) is 4.31 Å². The molecule has 5 nitrogen and oxygen atoms in total. The van der Waals surface area contributed by atoms with Gasteiger partial charge in [-0.25, -0.2) is 8.42 Å². The molecule has 0 saturated heterocycles. The average molecular weight is 375 g/mol. The second-order valence-electron chi connectivity index (χ2n) is 6.78. The molecule has 140 valence electrons. The van der Waals surface area contributed by atoms with Crippen LogP contribution in [-0.2, 0) is 21.4 Å². The zero-order chi connectivity index (χ0) is 19.5. The standard InChI is InChI=1S/C20H26N2O3S/c1-14-10-16(3)20(17(4)11-14)21-19(23)13-22(26(5,24)25)12-18-9-7-6-8-15(18)2/h6-11H,12-13H2,1-5H3,(H,21,23). The highest BCUT2D eigenvalue weighted by Crippen LogP contribution is 2.22. The number of nitrogens with zero attached hydrogens (tertiary/aromatic N) is 1. The van der Waals surface area contributed by atoms with Crippen LogP contribution < -0.4 is 5.32 Å². The van der Waals surface area contributed by atoms with Gasteiger partial charge in [-0.15, -0.1) is 0 Å². The summed E-state index contributed by atoms with van der Waals surface area (Å²) >= 11 is 0. The minimum absolute atomic E-state index is 0.171. The summed E-state index contributed by atoms with van der Waals surface area (Å²) in [4.78, 5) is 12.5. The molecule has 0 heterocycles. The van der Waals surface area contributed by atoms with Crippen molar-refractivity contribution in [3.63, 3.8) is 0 Å². The van der Waals surface area contributed by atoms with Crippen molar-refractivity contribution >= 4 is 21.6 Å². The van der Waals surface area contributed by atoms with E-state index in [-0.39, 0.29) is 19.0 Å². The first kappa shape index (κ1) is 20.1. The smallest absolute Gasteiger partial charge is 0.239 e. The molecule has 0 aromatic heterocycles. The third-order valence-electron chi connectivity index (χ3n) is 4.34. The van der Waals surface area contributed by atoms with Gasteiger partial charge in [-0.05, 0) is 49.9 Å². The SMILES string of the molecule is Cc1cc(C)c(NC(=O)CN(Cc2ccccc2C)S(C)(=O)=O)c(C)c1. The Labute approximate surface area is 156 Å². The molecule has 0 aliphatic rings. The first-order valence-corrected chi connectivity index (χ1v) is 10.3. The van der Waals surface area contributed by atoms with Crippen LogP contribution in [0.3, 0.4) is 0 Å². The van der Waals surface area contributed by atoms with E-state index >= 15 is 0 Å². The Morgan fingerprint density at radius 2 is 1.58 bits per heavy atom. The molecule has 2 aromatic carbocycles. The quantitative estimate of drug-likeness (QED) is 0.843. The van der Waals surface area contributed by atoms with Gasteiger partial charge in [0.1, 0.15) is 0 Å². The van der Waals surface area contributed by atoms with Crippen LogP contribution in [0.2, 0.25) is 0 Å². The van der Waals surface area contributed by atoms with E-state index < -0.39 is 10.0 Å². The van der Waals surface area contributed by atoms with Gasteiger partial charge in [0.25, 0.3) is 0 Å². The van der Waals surface area contributed by atoms with Crippen molar-refractivity contribution in [3.05, 3.63) is 64.2 Å². The molecule has 0 aliphatic carbocycles. The minimum atomic E-state index is -3.52. The van der Waals surface area contributed by atoms with Crippen LogP contribution >= 0.6 is 0 Å². The number of anilines is 1. The fourth-order valence-electron chi connectivity index (χ4n) is 2.98. The molecule has 0 atom stereocenters. The molecule has 26 heavy (non-hydrogen) atoms. The van der Waals surface area contributed by atoms with E-state index in [0.29, 0.717) is 0 Å². The summed E-state index contributed by atoms with van der Waals surface area (Å²) in [5.74, 6) is -0.348. The maximum atomic E-state index is 12.5. The van der Waals surface area contributed by atoms with Crippen molar-refractivity contribution in [2.24, 2.45) is 0 Å². The molecule has 1 amide bonds. The Morgan fingerprint density at radius 1 is 1.00 bits per heavy atom. The summed E-state index contributed by atoms with van der Waals surface area (Å²) in [6.07, 6.45) is 1.13. The van der Waals surface area contributed by atoms with Crippen molar-refractivity contribution in [2.45, 2.75) is 34.2 Å². The van der Waals surface area contributed by atoms with Crippen LogP contribution in [0, 0.1) is 27.7 Å². The maximum Gasteiger partial charge on any atom is 0.239 e. The molecule has 0 spiro atoms. The van der Waals surface area contributed by atoms with Gasteiger partial charge in [-0.2, -0.15) is 4.31 Å². The number of hydrogen-bond acceptors (Lipinski definition) is 3. The summed E-state index contributed by atoms with van der Waals surface area (Å²) in [6, 6.07) is 11.5. The maximum absolute atomic E-state index is 12.5. The average Bonchev–Trinajstić information content (AvgIpc) is 2.51. The second kappa shape index (κ2) is 8.01. The predicted molar refractivity (Wildman–Crippen MR) is 106 cm³/mol. The van der Waals surface area contributed by atoms with E-state index in [9.17, 15) is 13.2 Å². The third kappa shape index (κ3) is 5.16. The summed E-state index contributed by atoms with van der Waals surface area (Å²) in [7, 11) is -3.52. The number of benzene rings is 2. The zero-order valence-electron chi connectivity index (χ0n) is 16.0. The Balaban J connectivity index is 2.19. The molecule has 0 radical (unpaired) electrons. The van der Waals surface area contributed by atoms with Crippen LogP contribution in [0.5, 0.6) is 0 Å². The largest absolute Gasteiger partial charge is 0.324 e. The van der Waals surface area contributed by atoms with Gasteiger partial charge in [0.15, 0.2) is 0 Å². The lowest BCUT2D eigenvalue weighted by Crippen LogP contribution is -2.37. The van der Waals surface area contributed by atoms with Crippen molar-refractivity contribution in [1.29, 1.82) is 0 Å². The summed E-state index contributed by atoms with van der Waals surface area (Å²) in [5.41, 5.74) is 5.65. The number of aryl methyl sites for hydroxylation is 4. The lowest BCUT2D eigenvalue weighted by molar-refractivity contribution is -0.116. The van der Waals surface area contributed by atoms with Crippen molar-refractivity contribution in [3.8, 4) is 0 Å². The molecule has 0 bridgehead atoms. The van der Waals surface area contributed by atoms with Crippen LogP contribution in [0.25, 0.3) is 0 Å². The fraction of sp³-hybridized carbons (Fsp3) is 0.350. The topological polar surface area (TPSA) is 66.5 Å².